The van der Waals surface area contributed by atoms with Crippen LogP contribution >= 0.6 is 12.4 Å². The Morgan fingerprint density at radius 3 is 1.96 bits per heavy atom. The third kappa shape index (κ3) is 3.93. The number of pyridine rings is 1. The van der Waals surface area contributed by atoms with Crippen LogP contribution in [0.3, 0.4) is 0 Å². The van der Waals surface area contributed by atoms with Gasteiger partial charge >= 0.3 is 0 Å². The van der Waals surface area contributed by atoms with Gasteiger partial charge < -0.3 is 23.7 Å². The first kappa shape index (κ1) is 21.6. The number of hydrogen-bond acceptors (Lipinski definition) is 6. The number of aromatic nitrogens is 1. The predicted molar refractivity (Wildman–Crippen MR) is 110 cm³/mol. The predicted octanol–water partition coefficient (Wildman–Crippen LogP) is 4.43. The highest BCUT2D eigenvalue weighted by atomic mass is 35.5. The third-order valence-electron chi connectivity index (χ3n) is 4.51. The topological polar surface area (TPSA) is 59.0 Å². The Bertz CT molecular complexity index is 925. The third-order valence-corrected chi connectivity index (χ3v) is 4.51. The smallest absolute Gasteiger partial charge is 0.170 e. The van der Waals surface area contributed by atoms with Crippen LogP contribution in [-0.2, 0) is 4.74 Å². The zero-order chi connectivity index (χ0) is 19.4. The molecule has 0 aliphatic heterocycles. The Labute approximate surface area is 170 Å². The van der Waals surface area contributed by atoms with Crippen molar-refractivity contribution in [1.29, 1.82) is 0 Å². The summed E-state index contributed by atoms with van der Waals surface area (Å²) < 4.78 is 27.6. The van der Waals surface area contributed by atoms with Gasteiger partial charge in [0.15, 0.2) is 11.5 Å². The van der Waals surface area contributed by atoms with E-state index in [1.54, 1.807) is 47.9 Å². The maximum absolute atomic E-state index is 5.84. The van der Waals surface area contributed by atoms with Gasteiger partial charge in [-0.3, -0.25) is 4.98 Å². The quantitative estimate of drug-likeness (QED) is 0.579. The van der Waals surface area contributed by atoms with Crippen LogP contribution in [0.15, 0.2) is 42.7 Å². The minimum absolute atomic E-state index is 0. The van der Waals surface area contributed by atoms with Crippen LogP contribution in [0.1, 0.15) is 17.2 Å². The lowest BCUT2D eigenvalue weighted by Crippen LogP contribution is -2.06. The molecule has 0 radical (unpaired) electrons. The first-order valence-corrected chi connectivity index (χ1v) is 8.41. The van der Waals surface area contributed by atoms with Gasteiger partial charge in [0.25, 0.3) is 0 Å². The molecular formula is C21H24ClNO5. The normalized spacial score (nSPS) is 11.5. The fourth-order valence-corrected chi connectivity index (χ4v) is 3.22. The molecule has 150 valence electrons. The van der Waals surface area contributed by atoms with Gasteiger partial charge in [0, 0.05) is 36.5 Å². The van der Waals surface area contributed by atoms with Crippen LogP contribution in [0.5, 0.6) is 23.0 Å². The summed E-state index contributed by atoms with van der Waals surface area (Å²) in [5.74, 6) is 2.68. The highest BCUT2D eigenvalue weighted by molar-refractivity contribution is 5.92. The molecule has 3 rings (SSSR count). The van der Waals surface area contributed by atoms with Crippen molar-refractivity contribution in [2.24, 2.45) is 0 Å². The summed E-state index contributed by atoms with van der Waals surface area (Å²) in [7, 11) is 8.14. The van der Waals surface area contributed by atoms with E-state index >= 15 is 0 Å². The molecule has 0 saturated carbocycles. The van der Waals surface area contributed by atoms with Crippen LogP contribution in [0, 0.1) is 0 Å². The molecule has 7 heteroatoms. The van der Waals surface area contributed by atoms with Gasteiger partial charge in [-0.05, 0) is 35.2 Å². The molecule has 6 nitrogen and oxygen atoms in total. The maximum atomic E-state index is 5.84. The van der Waals surface area contributed by atoms with Crippen molar-refractivity contribution >= 4 is 23.2 Å². The Kier molecular flexibility index (Phi) is 7.31. The van der Waals surface area contributed by atoms with Crippen molar-refractivity contribution < 1.29 is 23.7 Å². The second-order valence-corrected chi connectivity index (χ2v) is 5.89. The molecule has 0 bridgehead atoms. The van der Waals surface area contributed by atoms with Gasteiger partial charge in [-0.1, -0.05) is 0 Å². The van der Waals surface area contributed by atoms with Crippen molar-refractivity contribution in [3.8, 4) is 23.0 Å². The van der Waals surface area contributed by atoms with Crippen molar-refractivity contribution in [3.05, 3.63) is 53.9 Å². The number of ether oxygens (including phenoxy) is 5. The van der Waals surface area contributed by atoms with E-state index in [9.17, 15) is 0 Å². The summed E-state index contributed by atoms with van der Waals surface area (Å²) in [6.07, 6.45) is 3.20. The minimum atomic E-state index is -0.358. The van der Waals surface area contributed by atoms with Crippen molar-refractivity contribution in [1.82, 2.24) is 4.98 Å². The molecule has 3 aromatic rings. The summed E-state index contributed by atoms with van der Waals surface area (Å²) >= 11 is 0. The lowest BCUT2D eigenvalue weighted by Gasteiger charge is -2.20. The summed E-state index contributed by atoms with van der Waals surface area (Å²) in [4.78, 5) is 4.40. The molecule has 0 amide bonds. The second kappa shape index (κ2) is 9.48. The lowest BCUT2D eigenvalue weighted by molar-refractivity contribution is 0.137. The number of benzene rings is 2. The first-order chi connectivity index (χ1) is 13.2. The summed E-state index contributed by atoms with van der Waals surface area (Å²) in [5.41, 5.74) is 1.81. The second-order valence-electron chi connectivity index (χ2n) is 5.89. The lowest BCUT2D eigenvalue weighted by atomic mass is 9.97. The molecule has 0 spiro atoms. The molecule has 28 heavy (non-hydrogen) atoms. The molecule has 0 aliphatic carbocycles. The average Bonchev–Trinajstić information content (AvgIpc) is 2.73. The monoisotopic (exact) mass is 405 g/mol. The highest BCUT2D eigenvalue weighted by Gasteiger charge is 2.21. The number of rotatable bonds is 7. The van der Waals surface area contributed by atoms with E-state index < -0.39 is 0 Å². The standard InChI is InChI=1S/C21H23NO5.ClH/c1-23-14-8-13(9-15(10-14)24-2)20(26-4)17-11-22-12-18-16(17)6-7-19(25-3)21(18)27-5;/h6-12,20H,1-5H3;1H. The van der Waals surface area contributed by atoms with E-state index in [-0.39, 0.29) is 18.5 Å². The van der Waals surface area contributed by atoms with Crippen LogP contribution in [0.25, 0.3) is 10.8 Å². The summed E-state index contributed by atoms with van der Waals surface area (Å²) in [6, 6.07) is 9.54. The number of halogens is 1. The molecule has 1 atom stereocenters. The maximum Gasteiger partial charge on any atom is 0.170 e. The molecule has 1 heterocycles. The number of methoxy groups -OCH3 is 5. The Balaban J connectivity index is 0.00000280. The zero-order valence-electron chi connectivity index (χ0n) is 16.5. The Morgan fingerprint density at radius 2 is 1.43 bits per heavy atom. The van der Waals surface area contributed by atoms with Crippen molar-refractivity contribution in [3.63, 3.8) is 0 Å². The van der Waals surface area contributed by atoms with Gasteiger partial charge in [-0.2, -0.15) is 0 Å². The molecule has 2 aromatic carbocycles. The highest BCUT2D eigenvalue weighted by Crippen LogP contribution is 2.40. The molecule has 1 aromatic heterocycles. The van der Waals surface area contributed by atoms with Crippen LogP contribution in [0.4, 0.5) is 0 Å². The van der Waals surface area contributed by atoms with E-state index in [2.05, 4.69) is 4.98 Å². The van der Waals surface area contributed by atoms with E-state index in [4.69, 9.17) is 23.7 Å². The van der Waals surface area contributed by atoms with Gasteiger partial charge in [0.2, 0.25) is 0 Å². The zero-order valence-corrected chi connectivity index (χ0v) is 17.3. The van der Waals surface area contributed by atoms with E-state index in [1.165, 1.54) is 0 Å². The number of nitrogens with zero attached hydrogens (tertiary/aromatic N) is 1. The molecule has 0 aliphatic rings. The molecule has 0 fully saturated rings. The Hall–Kier alpha value is -2.70. The largest absolute Gasteiger partial charge is 0.497 e. The summed E-state index contributed by atoms with van der Waals surface area (Å²) in [6.45, 7) is 0. The van der Waals surface area contributed by atoms with E-state index in [0.29, 0.717) is 23.0 Å². The fraction of sp³-hybridized carbons (Fsp3) is 0.286. The van der Waals surface area contributed by atoms with Crippen molar-refractivity contribution in [2.75, 3.05) is 35.5 Å². The molecular weight excluding hydrogens is 382 g/mol. The van der Waals surface area contributed by atoms with Gasteiger partial charge in [0.05, 0.1) is 28.4 Å². The summed E-state index contributed by atoms with van der Waals surface area (Å²) in [5, 5.41) is 1.82. The first-order valence-electron chi connectivity index (χ1n) is 8.41. The Morgan fingerprint density at radius 1 is 0.750 bits per heavy atom. The number of hydrogen-bond donors (Lipinski definition) is 0. The minimum Gasteiger partial charge on any atom is -0.497 e. The molecule has 0 N–H and O–H groups in total. The molecule has 1 unspecified atom stereocenters. The average molecular weight is 406 g/mol. The number of fused-ring (bicyclic) bond motifs is 1. The fourth-order valence-electron chi connectivity index (χ4n) is 3.22. The molecule has 0 saturated heterocycles. The van der Waals surface area contributed by atoms with Crippen LogP contribution in [0.2, 0.25) is 0 Å². The van der Waals surface area contributed by atoms with Gasteiger partial charge in [-0.15, -0.1) is 12.4 Å². The van der Waals surface area contributed by atoms with Crippen LogP contribution in [-0.4, -0.2) is 40.5 Å². The van der Waals surface area contributed by atoms with Crippen LogP contribution < -0.4 is 18.9 Å². The van der Waals surface area contributed by atoms with Gasteiger partial charge in [-0.25, -0.2) is 0 Å². The van der Waals surface area contributed by atoms with E-state index in [1.807, 2.05) is 30.3 Å². The van der Waals surface area contributed by atoms with Gasteiger partial charge in [0.1, 0.15) is 17.6 Å². The van der Waals surface area contributed by atoms with Crippen molar-refractivity contribution in [2.45, 2.75) is 6.10 Å². The van der Waals surface area contributed by atoms with E-state index in [0.717, 1.165) is 21.9 Å². The SMILES string of the molecule is COc1cc(OC)cc(C(OC)c2cncc3c(OC)c(OC)ccc23)c1.Cl.